The maximum absolute atomic E-state index is 12.6. The molecule has 0 bridgehead atoms. The maximum atomic E-state index is 12.6. The quantitative estimate of drug-likeness (QED) is 0.803. The van der Waals surface area contributed by atoms with Gasteiger partial charge in [0.05, 0.1) is 16.2 Å². The fourth-order valence-corrected chi connectivity index (χ4v) is 3.52. The number of phenolic OH excluding ortho intramolecular Hbond substituents is 1. The molecule has 2 aromatic rings. The summed E-state index contributed by atoms with van der Waals surface area (Å²) in [4.78, 5) is 30.3. The highest BCUT2D eigenvalue weighted by Gasteiger charge is 2.32. The van der Waals surface area contributed by atoms with Crippen LogP contribution in [0.5, 0.6) is 5.75 Å². The van der Waals surface area contributed by atoms with Gasteiger partial charge in [0.2, 0.25) is 0 Å². The Hall–Kier alpha value is -3.06. The van der Waals surface area contributed by atoms with E-state index in [9.17, 15) is 19.8 Å². The van der Waals surface area contributed by atoms with Crippen molar-refractivity contribution < 1.29 is 19.8 Å². The number of benzene rings is 2. The smallest absolute Gasteiger partial charge is 0.337 e. The Bertz CT molecular complexity index is 937. The zero-order valence-corrected chi connectivity index (χ0v) is 14.7. The van der Waals surface area contributed by atoms with Gasteiger partial charge in [-0.25, -0.2) is 9.79 Å². The molecule has 132 valence electrons. The van der Waals surface area contributed by atoms with E-state index in [1.807, 2.05) is 6.92 Å². The molecule has 7 heteroatoms. The average Bonchev–Trinajstić information content (AvgIpc) is 2.92. The van der Waals surface area contributed by atoms with E-state index in [1.165, 1.54) is 11.0 Å². The van der Waals surface area contributed by atoms with Gasteiger partial charge in [-0.15, -0.1) is 0 Å². The van der Waals surface area contributed by atoms with E-state index in [1.54, 1.807) is 48.5 Å². The number of thioether (sulfide) groups is 1. The maximum Gasteiger partial charge on any atom is 0.337 e. The van der Waals surface area contributed by atoms with Crippen LogP contribution >= 0.6 is 11.8 Å². The predicted molar refractivity (Wildman–Crippen MR) is 102 cm³/mol. The number of aromatic hydroxyl groups is 1. The summed E-state index contributed by atoms with van der Waals surface area (Å²) in [5.74, 6) is -1.22. The van der Waals surface area contributed by atoms with Gasteiger partial charge in [-0.05, 0) is 43.0 Å². The van der Waals surface area contributed by atoms with Gasteiger partial charge in [0.25, 0.3) is 5.91 Å². The molecular weight excluding hydrogens is 352 g/mol. The first-order valence-electron chi connectivity index (χ1n) is 7.91. The van der Waals surface area contributed by atoms with E-state index in [0.29, 0.717) is 22.2 Å². The summed E-state index contributed by atoms with van der Waals surface area (Å²) < 4.78 is 0. The second kappa shape index (κ2) is 7.45. The molecule has 6 nitrogen and oxygen atoms in total. The van der Waals surface area contributed by atoms with Gasteiger partial charge in [0, 0.05) is 12.1 Å². The summed E-state index contributed by atoms with van der Waals surface area (Å²) in [6, 6.07) is 13.1. The fourth-order valence-electron chi connectivity index (χ4n) is 2.48. The minimum Gasteiger partial charge on any atom is -0.507 e. The Kier molecular flexibility index (Phi) is 5.09. The van der Waals surface area contributed by atoms with Crippen molar-refractivity contribution in [2.75, 3.05) is 6.54 Å². The van der Waals surface area contributed by atoms with Gasteiger partial charge in [0.15, 0.2) is 5.17 Å². The van der Waals surface area contributed by atoms with Gasteiger partial charge in [-0.1, -0.05) is 30.3 Å². The lowest BCUT2D eigenvalue weighted by Crippen LogP contribution is -2.28. The van der Waals surface area contributed by atoms with Crippen LogP contribution in [0.4, 0.5) is 5.69 Å². The second-order valence-corrected chi connectivity index (χ2v) is 6.44. The number of amides is 1. The summed E-state index contributed by atoms with van der Waals surface area (Å²) in [6.07, 6.45) is 1.61. The molecule has 0 unspecified atom stereocenters. The number of aromatic carboxylic acids is 1. The van der Waals surface area contributed by atoms with E-state index in [2.05, 4.69) is 4.99 Å². The number of para-hydroxylation sites is 2. The molecule has 1 aliphatic heterocycles. The van der Waals surface area contributed by atoms with Gasteiger partial charge in [0.1, 0.15) is 5.75 Å². The first kappa shape index (κ1) is 17.8. The minimum absolute atomic E-state index is 0.0715. The molecule has 0 aromatic heterocycles. The van der Waals surface area contributed by atoms with Crippen LogP contribution in [0.3, 0.4) is 0 Å². The molecule has 1 fully saturated rings. The largest absolute Gasteiger partial charge is 0.507 e. The van der Waals surface area contributed by atoms with Crippen molar-refractivity contribution in [2.24, 2.45) is 4.99 Å². The summed E-state index contributed by atoms with van der Waals surface area (Å²) in [7, 11) is 0. The summed E-state index contributed by atoms with van der Waals surface area (Å²) >= 11 is 1.15. The Morgan fingerprint density at radius 2 is 1.88 bits per heavy atom. The van der Waals surface area contributed by atoms with E-state index in [0.717, 1.165) is 11.8 Å². The number of aliphatic imine (C=N–C) groups is 1. The third-order valence-electron chi connectivity index (χ3n) is 3.78. The number of carboxylic acid groups (broad SMARTS) is 1. The molecule has 0 aliphatic carbocycles. The highest BCUT2D eigenvalue weighted by Crippen LogP contribution is 2.35. The Morgan fingerprint density at radius 1 is 1.19 bits per heavy atom. The molecule has 1 aliphatic rings. The van der Waals surface area contributed by atoms with Crippen molar-refractivity contribution in [2.45, 2.75) is 6.92 Å². The number of nitrogens with zero attached hydrogens (tertiary/aromatic N) is 2. The fraction of sp³-hybridized carbons (Fsp3) is 0.105. The third kappa shape index (κ3) is 3.48. The Labute approximate surface area is 154 Å². The molecule has 1 heterocycles. The molecule has 0 atom stereocenters. The molecule has 1 saturated heterocycles. The number of carbonyl (C=O) groups excluding carboxylic acids is 1. The second-order valence-electron chi connectivity index (χ2n) is 5.44. The lowest BCUT2D eigenvalue weighted by molar-refractivity contribution is -0.122. The van der Waals surface area contributed by atoms with E-state index >= 15 is 0 Å². The number of amidine groups is 1. The van der Waals surface area contributed by atoms with Crippen LogP contribution in [0, 0.1) is 0 Å². The molecule has 0 spiro atoms. The van der Waals surface area contributed by atoms with E-state index < -0.39 is 5.97 Å². The van der Waals surface area contributed by atoms with Crippen molar-refractivity contribution in [3.63, 3.8) is 0 Å². The van der Waals surface area contributed by atoms with Crippen molar-refractivity contribution in [1.29, 1.82) is 0 Å². The van der Waals surface area contributed by atoms with Crippen LogP contribution in [-0.2, 0) is 4.79 Å². The number of rotatable bonds is 4. The number of carboxylic acids is 1. The first-order chi connectivity index (χ1) is 12.5. The number of phenols is 1. The topological polar surface area (TPSA) is 90.2 Å². The van der Waals surface area contributed by atoms with Crippen LogP contribution < -0.4 is 0 Å². The molecule has 0 saturated carbocycles. The molecule has 26 heavy (non-hydrogen) atoms. The lowest BCUT2D eigenvalue weighted by atomic mass is 10.2. The summed E-state index contributed by atoms with van der Waals surface area (Å²) in [5, 5.41) is 19.6. The van der Waals surface area contributed by atoms with Gasteiger partial charge in [-0.2, -0.15) is 0 Å². The van der Waals surface area contributed by atoms with Crippen LogP contribution in [0.1, 0.15) is 22.8 Å². The van der Waals surface area contributed by atoms with Gasteiger partial charge >= 0.3 is 5.97 Å². The predicted octanol–water partition coefficient (Wildman–Crippen LogP) is 3.71. The Morgan fingerprint density at radius 3 is 2.58 bits per heavy atom. The minimum atomic E-state index is -1.08. The lowest BCUT2D eigenvalue weighted by Gasteiger charge is -2.12. The standard InChI is InChI=1S/C19H16N2O4S/c1-2-21-17(23)16(11-12-7-3-6-10-15(12)22)26-19(21)20-14-9-5-4-8-13(14)18(24)25/h3-11,22H,2H2,1H3,(H,24,25)/b16-11-,20-19?. The zero-order chi connectivity index (χ0) is 18.7. The highest BCUT2D eigenvalue weighted by molar-refractivity contribution is 8.18. The van der Waals surface area contributed by atoms with Gasteiger partial charge < -0.3 is 10.2 Å². The normalized spacial score (nSPS) is 17.3. The zero-order valence-electron chi connectivity index (χ0n) is 13.9. The number of likely N-dealkylation sites (N-methyl/N-ethyl adjacent to an activating group) is 1. The number of hydrogen-bond acceptors (Lipinski definition) is 5. The van der Waals surface area contributed by atoms with Crippen molar-refractivity contribution in [1.82, 2.24) is 4.90 Å². The third-order valence-corrected chi connectivity index (χ3v) is 4.78. The summed E-state index contributed by atoms with van der Waals surface area (Å²) in [5.41, 5.74) is 0.895. The monoisotopic (exact) mass is 368 g/mol. The van der Waals surface area contributed by atoms with Gasteiger partial charge in [-0.3, -0.25) is 9.69 Å². The number of hydrogen-bond donors (Lipinski definition) is 2. The van der Waals surface area contributed by atoms with Crippen LogP contribution in [0.15, 0.2) is 58.4 Å². The average molecular weight is 368 g/mol. The Balaban J connectivity index is 2.01. The van der Waals surface area contributed by atoms with E-state index in [4.69, 9.17) is 0 Å². The molecule has 0 radical (unpaired) electrons. The molecule has 2 aromatic carbocycles. The SMILES string of the molecule is CCN1C(=O)/C(=C/c2ccccc2O)SC1=Nc1ccccc1C(=O)O. The van der Waals surface area contributed by atoms with Crippen molar-refractivity contribution >= 4 is 40.6 Å². The first-order valence-corrected chi connectivity index (χ1v) is 8.73. The van der Waals surface area contributed by atoms with Crippen LogP contribution in [0.2, 0.25) is 0 Å². The van der Waals surface area contributed by atoms with Crippen LogP contribution in [0.25, 0.3) is 6.08 Å². The van der Waals surface area contributed by atoms with E-state index in [-0.39, 0.29) is 22.9 Å². The number of carbonyl (C=O) groups is 2. The van der Waals surface area contributed by atoms with Crippen molar-refractivity contribution in [3.05, 3.63) is 64.6 Å². The molecule has 1 amide bonds. The highest BCUT2D eigenvalue weighted by atomic mass is 32.2. The molecule has 3 rings (SSSR count). The molecule has 2 N–H and O–H groups in total. The molecular formula is C19H16N2O4S. The van der Waals surface area contributed by atoms with Crippen LogP contribution in [-0.4, -0.2) is 38.7 Å². The summed E-state index contributed by atoms with van der Waals surface area (Å²) in [6.45, 7) is 2.22. The van der Waals surface area contributed by atoms with Crippen molar-refractivity contribution in [3.8, 4) is 5.75 Å².